The number of ether oxygens (including phenoxy) is 1. The molecule has 0 atom stereocenters. The molecule has 0 aliphatic rings. The first-order chi connectivity index (χ1) is 13.9. The van der Waals surface area contributed by atoms with Gasteiger partial charge in [0, 0.05) is 36.9 Å². The lowest BCUT2D eigenvalue weighted by atomic mass is 10.2. The van der Waals surface area contributed by atoms with Crippen molar-refractivity contribution in [2.45, 2.75) is 36.6 Å². The van der Waals surface area contributed by atoms with Crippen LogP contribution in [0.5, 0.6) is 0 Å². The summed E-state index contributed by atoms with van der Waals surface area (Å²) in [6.07, 6.45) is 2.29. The minimum Gasteiger partial charge on any atom is -0.382 e. The van der Waals surface area contributed by atoms with Gasteiger partial charge in [-0.25, -0.2) is 8.42 Å². The number of fused-ring (bicyclic) bond motifs is 1. The average molecular weight is 415 g/mol. The number of amides is 1. The molecule has 0 radical (unpaired) electrons. The fourth-order valence-corrected chi connectivity index (χ4v) is 4.64. The van der Waals surface area contributed by atoms with Gasteiger partial charge >= 0.3 is 0 Å². The van der Waals surface area contributed by atoms with Gasteiger partial charge in [-0.1, -0.05) is 35.9 Å². The Labute approximate surface area is 171 Å². The highest BCUT2D eigenvalue weighted by Crippen LogP contribution is 2.30. The number of benzene rings is 2. The lowest BCUT2D eigenvalue weighted by Gasteiger charge is -2.07. The first-order valence-electron chi connectivity index (χ1n) is 9.67. The van der Waals surface area contributed by atoms with E-state index in [4.69, 9.17) is 4.74 Å². The molecule has 0 aliphatic heterocycles. The third-order valence-electron chi connectivity index (χ3n) is 4.68. The van der Waals surface area contributed by atoms with Crippen LogP contribution in [0.25, 0.3) is 10.9 Å². The molecule has 3 rings (SSSR count). The van der Waals surface area contributed by atoms with Crippen molar-refractivity contribution in [2.75, 3.05) is 19.8 Å². The number of para-hydroxylation sites is 1. The summed E-state index contributed by atoms with van der Waals surface area (Å²) >= 11 is 0. The number of aryl methyl sites for hydroxylation is 1. The Bertz CT molecular complexity index is 1090. The predicted octanol–water partition coefficient (Wildman–Crippen LogP) is 3.33. The largest absolute Gasteiger partial charge is 0.382 e. The van der Waals surface area contributed by atoms with Gasteiger partial charge in [0.25, 0.3) is 0 Å². The summed E-state index contributed by atoms with van der Waals surface area (Å²) in [7, 11) is -3.69. The number of hydrogen-bond donors (Lipinski definition) is 1. The Morgan fingerprint density at radius 2 is 1.83 bits per heavy atom. The Hall–Kier alpha value is -2.64. The van der Waals surface area contributed by atoms with E-state index in [2.05, 4.69) is 5.32 Å². The summed E-state index contributed by atoms with van der Waals surface area (Å²) in [6, 6.07) is 14.0. The molecular weight excluding hydrogens is 388 g/mol. The fourth-order valence-electron chi connectivity index (χ4n) is 3.16. The van der Waals surface area contributed by atoms with E-state index in [1.165, 1.54) is 0 Å². The van der Waals surface area contributed by atoms with Crippen LogP contribution in [0.2, 0.25) is 0 Å². The van der Waals surface area contributed by atoms with Gasteiger partial charge in [-0.15, -0.1) is 0 Å². The van der Waals surface area contributed by atoms with Crippen LogP contribution in [-0.4, -0.2) is 38.7 Å². The Kier molecular flexibility index (Phi) is 6.71. The summed E-state index contributed by atoms with van der Waals surface area (Å²) in [4.78, 5) is 12.8. The van der Waals surface area contributed by atoms with E-state index in [0.29, 0.717) is 30.7 Å². The lowest BCUT2D eigenvalue weighted by molar-refractivity contribution is -0.121. The molecule has 2 aromatic carbocycles. The summed E-state index contributed by atoms with van der Waals surface area (Å²) in [6.45, 7) is 5.67. The van der Waals surface area contributed by atoms with Crippen molar-refractivity contribution in [3.63, 3.8) is 0 Å². The van der Waals surface area contributed by atoms with E-state index in [1.54, 1.807) is 47.2 Å². The van der Waals surface area contributed by atoms with Crippen molar-refractivity contribution in [3.05, 3.63) is 60.3 Å². The van der Waals surface area contributed by atoms with E-state index in [0.717, 1.165) is 12.0 Å². The van der Waals surface area contributed by atoms with E-state index < -0.39 is 9.84 Å². The van der Waals surface area contributed by atoms with Gasteiger partial charge in [0.05, 0.1) is 9.79 Å². The van der Waals surface area contributed by atoms with Crippen LogP contribution in [0, 0.1) is 6.92 Å². The zero-order valence-electron chi connectivity index (χ0n) is 16.7. The molecule has 0 aliphatic carbocycles. The van der Waals surface area contributed by atoms with Gasteiger partial charge in [-0.05, 0) is 38.5 Å². The first kappa shape index (κ1) is 21.1. The second-order valence-electron chi connectivity index (χ2n) is 6.86. The van der Waals surface area contributed by atoms with Gasteiger partial charge in [0.15, 0.2) is 0 Å². The van der Waals surface area contributed by atoms with Crippen molar-refractivity contribution in [3.8, 4) is 0 Å². The molecule has 1 heterocycles. The highest BCUT2D eigenvalue weighted by Gasteiger charge is 2.23. The van der Waals surface area contributed by atoms with Gasteiger partial charge in [-0.3, -0.25) is 4.79 Å². The lowest BCUT2D eigenvalue weighted by Crippen LogP contribution is -2.28. The van der Waals surface area contributed by atoms with Crippen molar-refractivity contribution in [2.24, 2.45) is 0 Å². The van der Waals surface area contributed by atoms with E-state index >= 15 is 0 Å². The molecule has 0 saturated carbocycles. The van der Waals surface area contributed by atoms with Crippen LogP contribution >= 0.6 is 0 Å². The maximum atomic E-state index is 13.2. The van der Waals surface area contributed by atoms with Gasteiger partial charge in [-0.2, -0.15) is 0 Å². The maximum absolute atomic E-state index is 13.2. The Morgan fingerprint density at radius 1 is 1.10 bits per heavy atom. The third kappa shape index (κ3) is 4.86. The molecule has 6 nitrogen and oxygen atoms in total. The predicted molar refractivity (Wildman–Crippen MR) is 113 cm³/mol. The van der Waals surface area contributed by atoms with Crippen LogP contribution < -0.4 is 5.32 Å². The molecule has 3 aromatic rings. The zero-order chi connectivity index (χ0) is 20.9. The number of hydrogen-bond acceptors (Lipinski definition) is 4. The number of carbonyl (C=O) groups is 1. The van der Waals surface area contributed by atoms with Crippen molar-refractivity contribution < 1.29 is 17.9 Å². The highest BCUT2D eigenvalue weighted by molar-refractivity contribution is 7.91. The summed E-state index contributed by atoms with van der Waals surface area (Å²) in [5.74, 6) is -0.165. The topological polar surface area (TPSA) is 77.4 Å². The first-order valence-corrected chi connectivity index (χ1v) is 11.2. The molecule has 7 heteroatoms. The number of sulfone groups is 1. The Morgan fingerprint density at radius 3 is 2.55 bits per heavy atom. The number of nitrogens with zero attached hydrogens (tertiary/aromatic N) is 1. The highest BCUT2D eigenvalue weighted by atomic mass is 32.2. The normalized spacial score (nSPS) is 11.7. The number of carbonyl (C=O) groups excluding carboxylic acids is 1. The molecule has 0 spiro atoms. The van der Waals surface area contributed by atoms with Gasteiger partial charge in [0.2, 0.25) is 15.7 Å². The molecule has 0 bridgehead atoms. The van der Waals surface area contributed by atoms with E-state index in [9.17, 15) is 13.2 Å². The third-order valence-corrected chi connectivity index (χ3v) is 6.48. The van der Waals surface area contributed by atoms with E-state index in [-0.39, 0.29) is 22.2 Å². The number of nitrogens with one attached hydrogen (secondary N) is 1. The smallest absolute Gasteiger partial charge is 0.239 e. The molecule has 0 fully saturated rings. The standard InChI is InChI=1S/C22H26N2O4S/c1-3-28-14-6-13-23-22(25)16-24-15-21(19-7-4-5-8-20(19)24)29(26,27)18-11-9-17(2)10-12-18/h4-5,7-12,15H,3,6,13-14,16H2,1-2H3,(H,23,25). The summed E-state index contributed by atoms with van der Waals surface area (Å²) in [5.41, 5.74) is 1.70. The van der Waals surface area contributed by atoms with Crippen LogP contribution in [0.3, 0.4) is 0 Å². The average Bonchev–Trinajstić information content (AvgIpc) is 3.07. The second kappa shape index (κ2) is 9.24. The number of rotatable bonds is 9. The maximum Gasteiger partial charge on any atom is 0.239 e. The monoisotopic (exact) mass is 414 g/mol. The second-order valence-corrected chi connectivity index (χ2v) is 8.77. The number of aromatic nitrogens is 1. The minimum atomic E-state index is -3.69. The summed E-state index contributed by atoms with van der Waals surface area (Å²) in [5, 5.41) is 3.46. The van der Waals surface area contributed by atoms with Crippen LogP contribution in [-0.2, 0) is 25.9 Å². The van der Waals surface area contributed by atoms with Crippen LogP contribution in [0.4, 0.5) is 0 Å². The molecule has 1 N–H and O–H groups in total. The molecule has 1 amide bonds. The molecule has 0 saturated heterocycles. The Balaban J connectivity index is 1.86. The van der Waals surface area contributed by atoms with Gasteiger partial charge < -0.3 is 14.6 Å². The molecule has 1 aromatic heterocycles. The van der Waals surface area contributed by atoms with Gasteiger partial charge in [0.1, 0.15) is 6.54 Å². The SMILES string of the molecule is CCOCCCNC(=O)Cn1cc(S(=O)(=O)c2ccc(C)cc2)c2ccccc21. The quantitative estimate of drug-likeness (QED) is 0.545. The molecular formula is C22H26N2O4S. The summed E-state index contributed by atoms with van der Waals surface area (Å²) < 4.78 is 33.4. The minimum absolute atomic E-state index is 0.0541. The fraction of sp³-hybridized carbons (Fsp3) is 0.318. The van der Waals surface area contributed by atoms with E-state index in [1.807, 2.05) is 26.0 Å². The molecule has 154 valence electrons. The van der Waals surface area contributed by atoms with Crippen LogP contribution in [0.15, 0.2) is 64.5 Å². The van der Waals surface area contributed by atoms with Crippen molar-refractivity contribution in [1.29, 1.82) is 0 Å². The van der Waals surface area contributed by atoms with Crippen molar-refractivity contribution in [1.82, 2.24) is 9.88 Å². The zero-order valence-corrected chi connectivity index (χ0v) is 17.5. The van der Waals surface area contributed by atoms with Crippen LogP contribution in [0.1, 0.15) is 18.9 Å². The molecule has 29 heavy (non-hydrogen) atoms. The molecule has 0 unspecified atom stereocenters. The van der Waals surface area contributed by atoms with Crippen molar-refractivity contribution >= 4 is 26.6 Å².